The van der Waals surface area contributed by atoms with Crippen molar-refractivity contribution < 1.29 is 4.74 Å². The Morgan fingerprint density at radius 3 is 2.95 bits per heavy atom. The number of nitrogens with one attached hydrogen (secondary N) is 1. The number of rotatable bonds is 8. The summed E-state index contributed by atoms with van der Waals surface area (Å²) < 4.78 is 6.08. The molecule has 118 valence electrons. The summed E-state index contributed by atoms with van der Waals surface area (Å²) >= 11 is 0. The van der Waals surface area contributed by atoms with E-state index in [4.69, 9.17) is 4.74 Å². The number of benzene rings is 1. The van der Waals surface area contributed by atoms with Crippen molar-refractivity contribution in [1.29, 1.82) is 0 Å². The van der Waals surface area contributed by atoms with Gasteiger partial charge in [-0.15, -0.1) is 0 Å². The van der Waals surface area contributed by atoms with Crippen molar-refractivity contribution in [3.8, 4) is 5.75 Å². The highest BCUT2D eigenvalue weighted by molar-refractivity contribution is 5.43. The first kappa shape index (κ1) is 16.4. The monoisotopic (exact) mass is 289 g/mol. The minimum Gasteiger partial charge on any atom is -0.493 e. The predicted octanol–water partition coefficient (Wildman–Crippen LogP) is 4.88. The van der Waals surface area contributed by atoms with Gasteiger partial charge in [0.1, 0.15) is 5.75 Å². The molecule has 1 unspecified atom stereocenters. The molecule has 0 spiro atoms. The Bertz CT molecular complexity index is 428. The number of ether oxygens (including phenoxy) is 1. The van der Waals surface area contributed by atoms with E-state index in [-0.39, 0.29) is 0 Å². The number of fused-ring (bicyclic) bond motifs is 1. The van der Waals surface area contributed by atoms with E-state index in [1.54, 1.807) is 0 Å². The van der Waals surface area contributed by atoms with Gasteiger partial charge in [0.05, 0.1) is 6.61 Å². The molecule has 0 bridgehead atoms. The van der Waals surface area contributed by atoms with Crippen LogP contribution in [0.5, 0.6) is 5.75 Å². The molecular formula is C19H31NO. The first-order chi connectivity index (χ1) is 10.2. The first-order valence-electron chi connectivity index (χ1n) is 8.70. The van der Waals surface area contributed by atoms with Gasteiger partial charge in [-0.1, -0.05) is 32.9 Å². The van der Waals surface area contributed by atoms with Crippen LogP contribution in [0.3, 0.4) is 0 Å². The maximum Gasteiger partial charge on any atom is 0.122 e. The largest absolute Gasteiger partial charge is 0.493 e. The van der Waals surface area contributed by atoms with E-state index in [9.17, 15) is 0 Å². The molecule has 21 heavy (non-hydrogen) atoms. The minimum absolute atomic E-state index is 0.521. The zero-order valence-corrected chi connectivity index (χ0v) is 14.0. The summed E-state index contributed by atoms with van der Waals surface area (Å²) in [6, 6.07) is 7.11. The second-order valence-electron chi connectivity index (χ2n) is 6.61. The van der Waals surface area contributed by atoms with Crippen molar-refractivity contribution in [3.05, 3.63) is 29.3 Å². The zero-order chi connectivity index (χ0) is 15.1. The summed E-state index contributed by atoms with van der Waals surface area (Å²) in [6.45, 7) is 8.72. The highest BCUT2D eigenvalue weighted by Gasteiger charge is 2.22. The van der Waals surface area contributed by atoms with Crippen molar-refractivity contribution in [2.75, 3.05) is 13.2 Å². The minimum atomic E-state index is 0.521. The summed E-state index contributed by atoms with van der Waals surface area (Å²) in [6.07, 6.45) is 7.27. The van der Waals surface area contributed by atoms with Gasteiger partial charge in [0.15, 0.2) is 0 Å². The van der Waals surface area contributed by atoms with Gasteiger partial charge in [0, 0.05) is 6.04 Å². The molecule has 0 heterocycles. The van der Waals surface area contributed by atoms with Gasteiger partial charge in [-0.25, -0.2) is 0 Å². The summed E-state index contributed by atoms with van der Waals surface area (Å²) in [4.78, 5) is 0. The molecule has 1 atom stereocenters. The van der Waals surface area contributed by atoms with Gasteiger partial charge < -0.3 is 10.1 Å². The molecule has 0 amide bonds. The van der Waals surface area contributed by atoms with Crippen LogP contribution in [0.4, 0.5) is 0 Å². The molecule has 2 heteroatoms. The van der Waals surface area contributed by atoms with Gasteiger partial charge in [0.25, 0.3) is 0 Å². The van der Waals surface area contributed by atoms with Gasteiger partial charge in [-0.3, -0.25) is 0 Å². The zero-order valence-electron chi connectivity index (χ0n) is 14.0. The van der Waals surface area contributed by atoms with Crippen molar-refractivity contribution in [2.45, 2.75) is 65.3 Å². The third kappa shape index (κ3) is 4.74. The molecule has 1 aliphatic rings. The summed E-state index contributed by atoms with van der Waals surface area (Å²) in [5.41, 5.74) is 2.91. The van der Waals surface area contributed by atoms with Gasteiger partial charge in [0.2, 0.25) is 0 Å². The van der Waals surface area contributed by atoms with Crippen LogP contribution in [0.25, 0.3) is 0 Å². The molecule has 0 aromatic heterocycles. The van der Waals surface area contributed by atoms with E-state index < -0.39 is 0 Å². The molecule has 0 saturated heterocycles. The van der Waals surface area contributed by atoms with E-state index in [2.05, 4.69) is 44.3 Å². The van der Waals surface area contributed by atoms with Crippen LogP contribution in [0.1, 0.15) is 70.0 Å². The lowest BCUT2D eigenvalue weighted by molar-refractivity contribution is 0.292. The molecule has 2 nitrogen and oxygen atoms in total. The normalized spacial score (nSPS) is 17.8. The standard InChI is InChI=1S/C19H31NO/c1-4-13-20-18-11-5-10-17-16(18)9-6-12-19(17)21-14-7-8-15(2)3/h6,9,12,15,18,20H,4-5,7-8,10-11,13-14H2,1-3H3. The maximum atomic E-state index is 6.08. The second kappa shape index (κ2) is 8.43. The smallest absolute Gasteiger partial charge is 0.122 e. The number of hydrogen-bond donors (Lipinski definition) is 1. The fourth-order valence-electron chi connectivity index (χ4n) is 3.15. The third-order valence-electron chi connectivity index (χ3n) is 4.29. The average Bonchev–Trinajstić information content (AvgIpc) is 2.49. The van der Waals surface area contributed by atoms with Crippen LogP contribution in [0.2, 0.25) is 0 Å². The van der Waals surface area contributed by atoms with Crippen molar-refractivity contribution >= 4 is 0 Å². The molecule has 2 rings (SSSR count). The van der Waals surface area contributed by atoms with Gasteiger partial charge in [-0.2, -0.15) is 0 Å². The Balaban J connectivity index is 2.00. The molecule has 0 fully saturated rings. The summed E-state index contributed by atoms with van der Waals surface area (Å²) in [5, 5.41) is 3.68. The lowest BCUT2D eigenvalue weighted by Gasteiger charge is -2.28. The highest BCUT2D eigenvalue weighted by Crippen LogP contribution is 2.35. The molecule has 1 N–H and O–H groups in total. The quantitative estimate of drug-likeness (QED) is 0.689. The van der Waals surface area contributed by atoms with Crippen LogP contribution in [-0.4, -0.2) is 13.2 Å². The Kier molecular flexibility index (Phi) is 6.56. The Labute approximate surface area is 130 Å². The molecular weight excluding hydrogens is 258 g/mol. The molecule has 0 aliphatic heterocycles. The van der Waals surface area contributed by atoms with E-state index >= 15 is 0 Å². The maximum absolute atomic E-state index is 6.08. The van der Waals surface area contributed by atoms with Crippen LogP contribution >= 0.6 is 0 Å². The van der Waals surface area contributed by atoms with Crippen molar-refractivity contribution in [2.24, 2.45) is 5.92 Å². The highest BCUT2D eigenvalue weighted by atomic mass is 16.5. The van der Waals surface area contributed by atoms with E-state index in [0.717, 1.165) is 31.2 Å². The van der Waals surface area contributed by atoms with Gasteiger partial charge in [-0.05, 0) is 68.2 Å². The molecule has 0 radical (unpaired) electrons. The van der Waals surface area contributed by atoms with Crippen LogP contribution < -0.4 is 10.1 Å². The molecule has 0 saturated carbocycles. The second-order valence-corrected chi connectivity index (χ2v) is 6.61. The van der Waals surface area contributed by atoms with E-state index in [0.29, 0.717) is 6.04 Å². The molecule has 1 aliphatic carbocycles. The van der Waals surface area contributed by atoms with Crippen molar-refractivity contribution in [1.82, 2.24) is 5.32 Å². The van der Waals surface area contributed by atoms with Crippen LogP contribution in [-0.2, 0) is 6.42 Å². The average molecular weight is 289 g/mol. The topological polar surface area (TPSA) is 21.3 Å². The molecule has 1 aromatic carbocycles. The van der Waals surface area contributed by atoms with E-state index in [1.165, 1.54) is 43.2 Å². The Morgan fingerprint density at radius 1 is 1.33 bits per heavy atom. The molecule has 1 aromatic rings. The van der Waals surface area contributed by atoms with Crippen LogP contribution in [0, 0.1) is 5.92 Å². The number of hydrogen-bond acceptors (Lipinski definition) is 2. The fourth-order valence-corrected chi connectivity index (χ4v) is 3.15. The third-order valence-corrected chi connectivity index (χ3v) is 4.29. The summed E-state index contributed by atoms with van der Waals surface area (Å²) in [5.74, 6) is 1.89. The van der Waals surface area contributed by atoms with Crippen molar-refractivity contribution in [3.63, 3.8) is 0 Å². The first-order valence-corrected chi connectivity index (χ1v) is 8.70. The summed E-state index contributed by atoms with van der Waals surface area (Å²) in [7, 11) is 0. The Morgan fingerprint density at radius 2 is 2.19 bits per heavy atom. The lowest BCUT2D eigenvalue weighted by Crippen LogP contribution is -2.26. The Hall–Kier alpha value is -1.02. The van der Waals surface area contributed by atoms with E-state index in [1.807, 2.05) is 0 Å². The predicted molar refractivity (Wildman–Crippen MR) is 90.0 cm³/mol. The van der Waals surface area contributed by atoms with Crippen LogP contribution in [0.15, 0.2) is 18.2 Å². The fraction of sp³-hybridized carbons (Fsp3) is 0.684. The lowest BCUT2D eigenvalue weighted by atomic mass is 9.87. The SMILES string of the molecule is CCCNC1CCCc2c(OCCCC(C)C)cccc21. The van der Waals surface area contributed by atoms with Gasteiger partial charge >= 0.3 is 0 Å².